The number of anilines is 4. The third-order valence-corrected chi connectivity index (χ3v) is 4.86. The lowest BCUT2D eigenvalue weighted by Crippen LogP contribution is -2.21. The van der Waals surface area contributed by atoms with E-state index in [9.17, 15) is 12.8 Å². The van der Waals surface area contributed by atoms with Gasteiger partial charge >= 0.3 is 0 Å². The minimum absolute atomic E-state index is 0.0375. The van der Waals surface area contributed by atoms with E-state index in [1.165, 1.54) is 0 Å². The molecule has 0 saturated heterocycles. The third-order valence-electron chi connectivity index (χ3n) is 4.19. The number of nitrogens with zero attached hydrogens (tertiary/aromatic N) is 2. The Morgan fingerprint density at radius 2 is 1.90 bits per heavy atom. The van der Waals surface area contributed by atoms with Crippen LogP contribution in [0.15, 0.2) is 48.7 Å². The van der Waals surface area contributed by atoms with Gasteiger partial charge < -0.3 is 15.4 Å². The van der Waals surface area contributed by atoms with Crippen molar-refractivity contribution in [2.45, 2.75) is 13.5 Å². The molecule has 0 aliphatic rings. The fourth-order valence-electron chi connectivity index (χ4n) is 2.73. The zero-order chi connectivity index (χ0) is 21.7. The van der Waals surface area contributed by atoms with E-state index in [2.05, 4.69) is 25.3 Å². The molecule has 3 aromatic rings. The number of hydrogen-bond acceptors (Lipinski definition) is 7. The monoisotopic (exact) mass is 431 g/mol. The number of aryl methyl sites for hydroxylation is 1. The molecule has 0 aliphatic carbocycles. The molecule has 0 amide bonds. The number of methoxy groups -OCH3 is 1. The summed E-state index contributed by atoms with van der Waals surface area (Å²) in [6, 6.07) is 12.4. The average Bonchev–Trinajstić information content (AvgIpc) is 2.69. The van der Waals surface area contributed by atoms with Crippen LogP contribution >= 0.6 is 0 Å². The molecule has 1 heterocycles. The van der Waals surface area contributed by atoms with Crippen LogP contribution in [-0.4, -0.2) is 31.8 Å². The van der Waals surface area contributed by atoms with Crippen molar-refractivity contribution in [3.63, 3.8) is 0 Å². The highest BCUT2D eigenvalue weighted by Crippen LogP contribution is 2.25. The number of halogens is 1. The highest BCUT2D eigenvalue weighted by atomic mass is 32.2. The van der Waals surface area contributed by atoms with Crippen molar-refractivity contribution in [2.75, 3.05) is 24.0 Å². The normalized spacial score (nSPS) is 11.2. The van der Waals surface area contributed by atoms with Gasteiger partial charge in [-0.1, -0.05) is 18.2 Å². The van der Waals surface area contributed by atoms with Gasteiger partial charge in [-0.05, 0) is 42.3 Å². The molecule has 0 aliphatic heterocycles. The standard InChI is InChI=1S/C20H22FN5O3S/c1-13-10-15(8-9-18(13)29-2)24-20-22-12-16(21)19(26-20)25-17-7-5-4-6-14(17)11-23-30(3,27)28/h4-10,12,23H,11H2,1-3H3,(H2,22,24,25,26). The van der Waals surface area contributed by atoms with Crippen LogP contribution in [0.2, 0.25) is 0 Å². The van der Waals surface area contributed by atoms with Gasteiger partial charge in [0.25, 0.3) is 0 Å². The average molecular weight is 431 g/mol. The van der Waals surface area contributed by atoms with E-state index >= 15 is 0 Å². The quantitative estimate of drug-likeness (QED) is 0.502. The molecule has 3 rings (SSSR count). The van der Waals surface area contributed by atoms with Gasteiger partial charge in [-0.25, -0.2) is 22.5 Å². The lowest BCUT2D eigenvalue weighted by molar-refractivity contribution is 0.412. The summed E-state index contributed by atoms with van der Waals surface area (Å²) in [6.45, 7) is 1.97. The van der Waals surface area contributed by atoms with Crippen molar-refractivity contribution in [3.05, 3.63) is 65.6 Å². The Hall–Kier alpha value is -3.24. The molecule has 0 saturated carbocycles. The highest BCUT2D eigenvalue weighted by molar-refractivity contribution is 7.88. The number of benzene rings is 2. The fraction of sp³-hybridized carbons (Fsp3) is 0.200. The number of sulfonamides is 1. The Balaban J connectivity index is 1.82. The second-order valence-corrected chi connectivity index (χ2v) is 8.41. The second-order valence-electron chi connectivity index (χ2n) is 6.57. The van der Waals surface area contributed by atoms with Gasteiger partial charge in [0, 0.05) is 17.9 Å². The van der Waals surface area contributed by atoms with Gasteiger partial charge in [0.1, 0.15) is 5.75 Å². The molecule has 3 N–H and O–H groups in total. The number of hydrogen-bond donors (Lipinski definition) is 3. The van der Waals surface area contributed by atoms with Crippen molar-refractivity contribution < 1.29 is 17.5 Å². The number of aromatic nitrogens is 2. The van der Waals surface area contributed by atoms with Gasteiger partial charge in [0.15, 0.2) is 11.6 Å². The second kappa shape index (κ2) is 9.06. The molecule has 0 bridgehead atoms. The van der Waals surface area contributed by atoms with Crippen LogP contribution in [0.3, 0.4) is 0 Å². The first-order chi connectivity index (χ1) is 14.2. The van der Waals surface area contributed by atoms with E-state index in [1.54, 1.807) is 37.4 Å². The number of rotatable bonds is 8. The lowest BCUT2D eigenvalue weighted by Gasteiger charge is -2.13. The molecule has 8 nitrogen and oxygen atoms in total. The molecule has 0 fully saturated rings. The minimum atomic E-state index is -3.37. The third kappa shape index (κ3) is 5.65. The van der Waals surface area contributed by atoms with Crippen LogP contribution < -0.4 is 20.1 Å². The molecule has 0 unspecified atom stereocenters. The lowest BCUT2D eigenvalue weighted by atomic mass is 10.2. The summed E-state index contributed by atoms with van der Waals surface area (Å²) >= 11 is 0. The molecular weight excluding hydrogens is 409 g/mol. The van der Waals surface area contributed by atoms with Crippen LogP contribution in [0, 0.1) is 12.7 Å². The molecular formula is C20H22FN5O3S. The van der Waals surface area contributed by atoms with Gasteiger partial charge in [0.2, 0.25) is 16.0 Å². The Morgan fingerprint density at radius 1 is 1.13 bits per heavy atom. The van der Waals surface area contributed by atoms with E-state index in [1.807, 2.05) is 19.1 Å². The van der Waals surface area contributed by atoms with Crippen molar-refractivity contribution >= 4 is 33.2 Å². The molecule has 0 radical (unpaired) electrons. The topological polar surface area (TPSA) is 105 Å². The molecule has 30 heavy (non-hydrogen) atoms. The van der Waals surface area contributed by atoms with Crippen LogP contribution in [0.1, 0.15) is 11.1 Å². The summed E-state index contributed by atoms with van der Waals surface area (Å²) < 4.78 is 44.7. The van der Waals surface area contributed by atoms with Crippen LogP contribution in [0.5, 0.6) is 5.75 Å². The Kier molecular flexibility index (Phi) is 6.48. The molecule has 158 valence electrons. The maximum absolute atomic E-state index is 14.3. The maximum atomic E-state index is 14.3. The van der Waals surface area contributed by atoms with E-state index in [0.29, 0.717) is 11.3 Å². The number of ether oxygens (including phenoxy) is 1. The number of para-hydroxylation sites is 1. The van der Waals surface area contributed by atoms with Gasteiger partial charge in [-0.2, -0.15) is 4.98 Å². The Bertz CT molecular complexity index is 1150. The van der Waals surface area contributed by atoms with Crippen LogP contribution in [0.25, 0.3) is 0 Å². The van der Waals surface area contributed by atoms with Crippen LogP contribution in [-0.2, 0) is 16.6 Å². The van der Waals surface area contributed by atoms with E-state index in [4.69, 9.17) is 4.74 Å². The molecule has 10 heteroatoms. The van der Waals surface area contributed by atoms with Crippen molar-refractivity contribution in [1.29, 1.82) is 0 Å². The summed E-state index contributed by atoms with van der Waals surface area (Å²) in [5, 5.41) is 5.94. The SMILES string of the molecule is COc1ccc(Nc2ncc(F)c(Nc3ccccc3CNS(C)(=O)=O)n2)cc1C. The predicted molar refractivity (Wildman–Crippen MR) is 114 cm³/mol. The first-order valence-electron chi connectivity index (χ1n) is 8.99. The van der Waals surface area contributed by atoms with Crippen molar-refractivity contribution in [1.82, 2.24) is 14.7 Å². The smallest absolute Gasteiger partial charge is 0.229 e. The Morgan fingerprint density at radius 3 is 2.60 bits per heavy atom. The minimum Gasteiger partial charge on any atom is -0.496 e. The van der Waals surface area contributed by atoms with E-state index < -0.39 is 15.8 Å². The zero-order valence-corrected chi connectivity index (χ0v) is 17.5. The van der Waals surface area contributed by atoms with Crippen molar-refractivity contribution in [2.24, 2.45) is 0 Å². The first kappa shape index (κ1) is 21.5. The summed E-state index contributed by atoms with van der Waals surface area (Å²) in [4.78, 5) is 8.19. The van der Waals surface area contributed by atoms with E-state index in [-0.39, 0.29) is 18.3 Å². The van der Waals surface area contributed by atoms with Crippen molar-refractivity contribution in [3.8, 4) is 5.75 Å². The summed E-state index contributed by atoms with van der Waals surface area (Å²) in [6.07, 6.45) is 2.14. The van der Waals surface area contributed by atoms with Gasteiger partial charge in [-0.3, -0.25) is 0 Å². The maximum Gasteiger partial charge on any atom is 0.229 e. The predicted octanol–water partition coefficient (Wildman–Crippen LogP) is 3.47. The highest BCUT2D eigenvalue weighted by Gasteiger charge is 2.11. The van der Waals surface area contributed by atoms with E-state index in [0.717, 1.165) is 29.5 Å². The van der Waals surface area contributed by atoms with Gasteiger partial charge in [-0.15, -0.1) is 0 Å². The molecule has 0 atom stereocenters. The molecule has 2 aromatic carbocycles. The Labute approximate surface area is 174 Å². The van der Waals surface area contributed by atoms with Gasteiger partial charge in [0.05, 0.1) is 19.6 Å². The molecule has 1 aromatic heterocycles. The summed E-state index contributed by atoms with van der Waals surface area (Å²) in [7, 11) is -1.77. The zero-order valence-electron chi connectivity index (χ0n) is 16.7. The number of nitrogens with one attached hydrogen (secondary N) is 3. The molecule has 0 spiro atoms. The largest absolute Gasteiger partial charge is 0.496 e. The first-order valence-corrected chi connectivity index (χ1v) is 10.9. The summed E-state index contributed by atoms with van der Waals surface area (Å²) in [5.41, 5.74) is 2.82. The summed E-state index contributed by atoms with van der Waals surface area (Å²) in [5.74, 6) is 0.277. The fourth-order valence-corrected chi connectivity index (χ4v) is 3.15. The van der Waals surface area contributed by atoms with Crippen LogP contribution in [0.4, 0.5) is 27.5 Å².